The number of likely N-dealkylation sites (tertiary alicyclic amines) is 1. The van der Waals surface area contributed by atoms with Gasteiger partial charge < -0.3 is 4.90 Å². The zero-order valence-electron chi connectivity index (χ0n) is 11.3. The van der Waals surface area contributed by atoms with E-state index in [1.54, 1.807) is 28.3 Å². The first-order valence-electron chi connectivity index (χ1n) is 6.82. The van der Waals surface area contributed by atoms with Crippen LogP contribution in [0.5, 0.6) is 0 Å². The molecule has 0 aliphatic carbocycles. The molecule has 2 aromatic heterocycles. The molecule has 4 rings (SSSR count). The highest BCUT2D eigenvalue weighted by molar-refractivity contribution is 6.05. The Kier molecular flexibility index (Phi) is 2.67. The Bertz CT molecular complexity index is 787. The molecule has 0 saturated carbocycles. The molecule has 1 aliphatic rings. The Morgan fingerprint density at radius 2 is 1.81 bits per heavy atom. The maximum absolute atomic E-state index is 12.6. The zero-order valence-corrected chi connectivity index (χ0v) is 11.3. The largest absolute Gasteiger partial charge is 0.333 e. The predicted octanol–water partition coefficient (Wildman–Crippen LogP) is 1.52. The summed E-state index contributed by atoms with van der Waals surface area (Å²) in [4.78, 5) is 20.3. The van der Waals surface area contributed by atoms with Crippen molar-refractivity contribution in [1.29, 1.82) is 0 Å². The molecule has 0 atom stereocenters. The second kappa shape index (κ2) is 4.66. The molecule has 1 aromatic carbocycles. The number of fused-ring (bicyclic) bond motifs is 1. The molecular weight excluding hydrogens is 266 g/mol. The smallest absolute Gasteiger partial charge is 0.273 e. The molecule has 0 N–H and O–H groups in total. The number of hydrogen-bond acceptors (Lipinski definition) is 4. The lowest BCUT2D eigenvalue weighted by Gasteiger charge is -2.38. The van der Waals surface area contributed by atoms with Gasteiger partial charge in [-0.1, -0.05) is 24.3 Å². The Balaban J connectivity index is 1.58. The van der Waals surface area contributed by atoms with Crippen LogP contribution in [-0.4, -0.2) is 43.9 Å². The molecular formula is C15H13N5O. The minimum absolute atomic E-state index is 0.0322. The first-order chi connectivity index (χ1) is 10.3. The molecule has 1 amide bonds. The second-order valence-corrected chi connectivity index (χ2v) is 5.09. The number of aromatic nitrogens is 4. The van der Waals surface area contributed by atoms with Crippen molar-refractivity contribution in [3.05, 3.63) is 54.6 Å². The van der Waals surface area contributed by atoms with Crippen LogP contribution < -0.4 is 0 Å². The quantitative estimate of drug-likeness (QED) is 0.713. The lowest BCUT2D eigenvalue weighted by atomic mass is 10.1. The van der Waals surface area contributed by atoms with Crippen molar-refractivity contribution in [1.82, 2.24) is 24.9 Å². The monoisotopic (exact) mass is 279 g/mol. The van der Waals surface area contributed by atoms with E-state index >= 15 is 0 Å². The molecule has 3 aromatic rings. The average molecular weight is 279 g/mol. The van der Waals surface area contributed by atoms with E-state index in [4.69, 9.17) is 0 Å². The van der Waals surface area contributed by atoms with Crippen LogP contribution in [-0.2, 0) is 0 Å². The molecule has 0 bridgehead atoms. The fourth-order valence-corrected chi connectivity index (χ4v) is 2.62. The van der Waals surface area contributed by atoms with E-state index in [2.05, 4.69) is 15.2 Å². The average Bonchev–Trinajstić information content (AvgIpc) is 2.99. The fourth-order valence-electron chi connectivity index (χ4n) is 2.62. The van der Waals surface area contributed by atoms with Gasteiger partial charge in [-0.2, -0.15) is 15.0 Å². The van der Waals surface area contributed by atoms with Crippen LogP contribution in [0.15, 0.2) is 48.9 Å². The minimum atomic E-state index is -0.0322. The fraction of sp³-hybridized carbons (Fsp3) is 0.200. The van der Waals surface area contributed by atoms with Crippen molar-refractivity contribution >= 4 is 16.7 Å². The third-order valence-corrected chi connectivity index (χ3v) is 3.79. The normalized spacial score (nSPS) is 15.1. The third-order valence-electron chi connectivity index (χ3n) is 3.79. The molecule has 0 radical (unpaired) electrons. The van der Waals surface area contributed by atoms with Crippen LogP contribution in [0.3, 0.4) is 0 Å². The number of carbonyl (C=O) groups excluding carboxylic acids is 1. The van der Waals surface area contributed by atoms with Crippen molar-refractivity contribution in [2.75, 3.05) is 13.1 Å². The molecule has 0 spiro atoms. The number of pyridine rings is 1. The van der Waals surface area contributed by atoms with Gasteiger partial charge in [0.15, 0.2) is 0 Å². The Morgan fingerprint density at radius 1 is 1.05 bits per heavy atom. The van der Waals surface area contributed by atoms with Crippen LogP contribution in [0.2, 0.25) is 0 Å². The van der Waals surface area contributed by atoms with Gasteiger partial charge in [-0.25, -0.2) is 0 Å². The van der Waals surface area contributed by atoms with E-state index in [9.17, 15) is 4.79 Å². The Morgan fingerprint density at radius 3 is 2.62 bits per heavy atom. The minimum Gasteiger partial charge on any atom is -0.333 e. The summed E-state index contributed by atoms with van der Waals surface area (Å²) in [6.45, 7) is 1.25. The van der Waals surface area contributed by atoms with Crippen LogP contribution >= 0.6 is 0 Å². The standard InChI is InChI=1S/C15H13N5O/c21-15(19-9-12(10-19)20-17-7-8-18-20)14-13-4-2-1-3-11(13)5-6-16-14/h1-8,12H,9-10H2. The maximum atomic E-state index is 12.6. The van der Waals surface area contributed by atoms with Crippen LogP contribution in [0.4, 0.5) is 0 Å². The molecule has 3 heterocycles. The van der Waals surface area contributed by atoms with Crippen molar-refractivity contribution in [3.63, 3.8) is 0 Å². The third kappa shape index (κ3) is 1.96. The first kappa shape index (κ1) is 12.0. The lowest BCUT2D eigenvalue weighted by Crippen LogP contribution is -2.51. The second-order valence-electron chi connectivity index (χ2n) is 5.09. The summed E-state index contributed by atoms with van der Waals surface area (Å²) >= 11 is 0. The lowest BCUT2D eigenvalue weighted by molar-refractivity contribution is 0.0473. The molecule has 21 heavy (non-hydrogen) atoms. The van der Waals surface area contributed by atoms with Gasteiger partial charge in [0, 0.05) is 24.7 Å². The van der Waals surface area contributed by atoms with E-state index in [1.165, 1.54) is 0 Å². The number of nitrogens with zero attached hydrogens (tertiary/aromatic N) is 5. The Labute approximate surface area is 121 Å². The highest BCUT2D eigenvalue weighted by atomic mass is 16.2. The SMILES string of the molecule is O=C(c1nccc2ccccc12)N1CC(n2nccn2)C1. The van der Waals surface area contributed by atoms with Crippen molar-refractivity contribution in [2.45, 2.75) is 6.04 Å². The van der Waals surface area contributed by atoms with Crippen LogP contribution in [0.1, 0.15) is 16.5 Å². The molecule has 0 unspecified atom stereocenters. The molecule has 104 valence electrons. The van der Waals surface area contributed by atoms with Gasteiger partial charge in [0.2, 0.25) is 0 Å². The van der Waals surface area contributed by atoms with E-state index < -0.39 is 0 Å². The summed E-state index contributed by atoms with van der Waals surface area (Å²) in [6, 6.07) is 9.88. The molecule has 1 saturated heterocycles. The maximum Gasteiger partial charge on any atom is 0.273 e. The van der Waals surface area contributed by atoms with Crippen LogP contribution in [0, 0.1) is 0 Å². The topological polar surface area (TPSA) is 63.9 Å². The predicted molar refractivity (Wildman–Crippen MR) is 76.7 cm³/mol. The number of benzene rings is 1. The molecule has 1 aliphatic heterocycles. The highest BCUT2D eigenvalue weighted by Gasteiger charge is 2.34. The van der Waals surface area contributed by atoms with Gasteiger partial charge in [-0.3, -0.25) is 9.78 Å². The summed E-state index contributed by atoms with van der Waals surface area (Å²) in [5.74, 6) is -0.0322. The summed E-state index contributed by atoms with van der Waals surface area (Å²) in [5.41, 5.74) is 0.514. The zero-order chi connectivity index (χ0) is 14.2. The summed E-state index contributed by atoms with van der Waals surface area (Å²) < 4.78 is 0. The summed E-state index contributed by atoms with van der Waals surface area (Å²) in [7, 11) is 0. The van der Waals surface area contributed by atoms with E-state index in [-0.39, 0.29) is 11.9 Å². The van der Waals surface area contributed by atoms with Crippen LogP contribution in [0.25, 0.3) is 10.8 Å². The summed E-state index contributed by atoms with van der Waals surface area (Å²) in [6.07, 6.45) is 4.98. The highest BCUT2D eigenvalue weighted by Crippen LogP contribution is 2.24. The van der Waals surface area contributed by atoms with Gasteiger partial charge in [-0.15, -0.1) is 0 Å². The molecule has 6 heteroatoms. The van der Waals surface area contributed by atoms with E-state index in [1.807, 2.05) is 30.3 Å². The Hall–Kier alpha value is -2.76. The number of rotatable bonds is 2. The van der Waals surface area contributed by atoms with Gasteiger partial charge >= 0.3 is 0 Å². The van der Waals surface area contributed by atoms with Gasteiger partial charge in [0.25, 0.3) is 5.91 Å². The van der Waals surface area contributed by atoms with E-state index in [0.29, 0.717) is 18.8 Å². The number of carbonyl (C=O) groups is 1. The van der Waals surface area contributed by atoms with Gasteiger partial charge in [0.05, 0.1) is 12.4 Å². The number of amides is 1. The summed E-state index contributed by atoms with van der Waals surface area (Å²) in [5, 5.41) is 10.1. The molecule has 6 nitrogen and oxygen atoms in total. The van der Waals surface area contributed by atoms with E-state index in [0.717, 1.165) is 10.8 Å². The van der Waals surface area contributed by atoms with Gasteiger partial charge in [0.1, 0.15) is 11.7 Å². The molecule has 1 fully saturated rings. The number of hydrogen-bond donors (Lipinski definition) is 0. The first-order valence-corrected chi connectivity index (χ1v) is 6.82. The van der Waals surface area contributed by atoms with Crippen molar-refractivity contribution in [2.24, 2.45) is 0 Å². The van der Waals surface area contributed by atoms with Crippen molar-refractivity contribution < 1.29 is 4.79 Å². The van der Waals surface area contributed by atoms with Gasteiger partial charge in [-0.05, 0) is 11.5 Å². The van der Waals surface area contributed by atoms with Crippen molar-refractivity contribution in [3.8, 4) is 0 Å².